The van der Waals surface area contributed by atoms with Gasteiger partial charge < -0.3 is 0 Å². The second-order valence-corrected chi connectivity index (χ2v) is 4.48. The van der Waals surface area contributed by atoms with Crippen molar-refractivity contribution in [3.63, 3.8) is 0 Å². The van der Waals surface area contributed by atoms with Crippen molar-refractivity contribution in [3.05, 3.63) is 35.9 Å². The Labute approximate surface area is 95.3 Å². The smallest absolute Gasteiger partial charge is 0.0792 e. The Morgan fingerprint density at radius 3 is 2.33 bits per heavy atom. The molecule has 0 fully saturated rings. The highest BCUT2D eigenvalue weighted by atomic mass is 14.2. The van der Waals surface area contributed by atoms with Crippen LogP contribution in [0.1, 0.15) is 45.6 Å². The maximum absolute atomic E-state index is 2.49. The van der Waals surface area contributed by atoms with Gasteiger partial charge in [0.2, 0.25) is 0 Å². The molecule has 0 aliphatic rings. The lowest BCUT2D eigenvalue weighted by atomic mass is 9.47. The third-order valence-corrected chi connectivity index (χ3v) is 3.32. The van der Waals surface area contributed by atoms with Crippen LogP contribution in [0.25, 0.3) is 0 Å². The summed E-state index contributed by atoms with van der Waals surface area (Å²) in [6.07, 6.45) is 5.00. The van der Waals surface area contributed by atoms with Crippen LogP contribution in [0.5, 0.6) is 0 Å². The fourth-order valence-corrected chi connectivity index (χ4v) is 1.91. The summed E-state index contributed by atoms with van der Waals surface area (Å²) in [4.78, 5) is 0. The Balaban J connectivity index is 2.67. The van der Waals surface area contributed by atoms with E-state index in [-0.39, 0.29) is 5.31 Å². The summed E-state index contributed by atoms with van der Waals surface area (Å²) in [6.45, 7) is 6.87. The number of benzene rings is 1. The van der Waals surface area contributed by atoms with Crippen molar-refractivity contribution in [2.45, 2.75) is 51.7 Å². The molecule has 0 spiro atoms. The number of hydrogen-bond donors (Lipinski definition) is 0. The van der Waals surface area contributed by atoms with E-state index in [1.165, 1.54) is 31.1 Å². The summed E-state index contributed by atoms with van der Waals surface area (Å²) in [7, 11) is 2.49. The molecule has 0 amide bonds. The van der Waals surface area contributed by atoms with Crippen LogP contribution in [0.2, 0.25) is 6.32 Å². The molecule has 0 saturated carbocycles. The molecule has 1 aromatic carbocycles. The lowest BCUT2D eigenvalue weighted by molar-refractivity contribution is 0.632. The Morgan fingerprint density at radius 2 is 1.80 bits per heavy atom. The second kappa shape index (κ2) is 6.00. The average Bonchev–Trinajstić information content (AvgIpc) is 2.30. The Bertz CT molecular complexity index is 268. The Hall–Kier alpha value is -0.715. The molecular weight excluding hydrogens is 179 g/mol. The van der Waals surface area contributed by atoms with Gasteiger partial charge in [-0.3, -0.25) is 0 Å². The molecule has 0 N–H and O–H groups in total. The lowest BCUT2D eigenvalue weighted by Gasteiger charge is -2.28. The zero-order chi connectivity index (χ0) is 11.1. The van der Waals surface area contributed by atoms with Gasteiger partial charge in [-0.25, -0.2) is 0 Å². The van der Waals surface area contributed by atoms with E-state index in [0.717, 1.165) is 0 Å². The fraction of sp³-hybridized carbons (Fsp3) is 0.571. The second-order valence-electron chi connectivity index (χ2n) is 4.48. The first-order chi connectivity index (χ1) is 7.23. The van der Waals surface area contributed by atoms with Crippen LogP contribution in [0.3, 0.4) is 0 Å². The number of hydrogen-bond acceptors (Lipinski definition) is 0. The van der Waals surface area contributed by atoms with Gasteiger partial charge in [-0.05, 0) is 5.31 Å². The van der Waals surface area contributed by atoms with E-state index in [4.69, 9.17) is 0 Å². The summed E-state index contributed by atoms with van der Waals surface area (Å²) < 4.78 is 0. The third-order valence-electron chi connectivity index (χ3n) is 3.32. The molecule has 0 heterocycles. The minimum atomic E-state index is 0.260. The average molecular weight is 201 g/mol. The van der Waals surface area contributed by atoms with Crippen molar-refractivity contribution in [1.82, 2.24) is 0 Å². The van der Waals surface area contributed by atoms with E-state index < -0.39 is 0 Å². The maximum atomic E-state index is 2.49. The first kappa shape index (κ1) is 12.4. The predicted molar refractivity (Wildman–Crippen MR) is 69.6 cm³/mol. The van der Waals surface area contributed by atoms with Gasteiger partial charge in [0.05, 0.1) is 0 Å². The van der Waals surface area contributed by atoms with Crippen molar-refractivity contribution in [2.24, 2.45) is 0 Å². The van der Waals surface area contributed by atoms with E-state index in [1.54, 1.807) is 0 Å². The predicted octanol–water partition coefficient (Wildman–Crippen LogP) is 4.23. The van der Waals surface area contributed by atoms with Gasteiger partial charge in [0.25, 0.3) is 0 Å². The monoisotopic (exact) mass is 201 g/mol. The molecule has 0 saturated heterocycles. The number of rotatable bonds is 6. The molecule has 1 rings (SSSR count). The Kier molecular flexibility index (Phi) is 4.94. The summed E-state index contributed by atoms with van der Waals surface area (Å²) in [5.74, 6) is 0. The van der Waals surface area contributed by atoms with Crippen LogP contribution in [0.4, 0.5) is 0 Å². The quantitative estimate of drug-likeness (QED) is 0.477. The van der Waals surface area contributed by atoms with E-state index in [9.17, 15) is 0 Å². The van der Waals surface area contributed by atoms with Crippen molar-refractivity contribution < 1.29 is 0 Å². The minimum Gasteiger partial charge on any atom is -0.0792 e. The molecule has 81 valence electrons. The van der Waals surface area contributed by atoms with Crippen LogP contribution < -0.4 is 0 Å². The summed E-state index contributed by atoms with van der Waals surface area (Å²) >= 11 is 0. The fourth-order valence-electron chi connectivity index (χ4n) is 1.91. The van der Waals surface area contributed by atoms with Crippen molar-refractivity contribution in [3.8, 4) is 0 Å². The van der Waals surface area contributed by atoms with E-state index in [1.807, 2.05) is 0 Å². The SMILES string of the molecule is CCCC[B]C(C)(CC)c1ccccc1. The minimum absolute atomic E-state index is 0.260. The van der Waals surface area contributed by atoms with Gasteiger partial charge >= 0.3 is 0 Å². The van der Waals surface area contributed by atoms with E-state index in [0.29, 0.717) is 0 Å². The van der Waals surface area contributed by atoms with E-state index in [2.05, 4.69) is 58.4 Å². The summed E-state index contributed by atoms with van der Waals surface area (Å²) in [5, 5.41) is 0.260. The van der Waals surface area contributed by atoms with E-state index >= 15 is 0 Å². The largest absolute Gasteiger partial charge is 0.123 e. The molecule has 0 aliphatic heterocycles. The topological polar surface area (TPSA) is 0 Å². The molecule has 1 radical (unpaired) electrons. The van der Waals surface area contributed by atoms with Crippen LogP contribution in [-0.4, -0.2) is 7.28 Å². The van der Waals surface area contributed by atoms with Crippen molar-refractivity contribution >= 4 is 7.28 Å². The van der Waals surface area contributed by atoms with Gasteiger partial charge in [-0.15, -0.1) is 0 Å². The Morgan fingerprint density at radius 1 is 1.13 bits per heavy atom. The molecule has 1 atom stereocenters. The highest BCUT2D eigenvalue weighted by Gasteiger charge is 2.24. The highest BCUT2D eigenvalue weighted by Crippen LogP contribution is 2.27. The third kappa shape index (κ3) is 3.41. The number of unbranched alkanes of at least 4 members (excludes halogenated alkanes) is 1. The van der Waals surface area contributed by atoms with Gasteiger partial charge in [0.1, 0.15) is 7.28 Å². The molecule has 0 aliphatic carbocycles. The standard InChI is InChI=1S/C14H22B/c1-4-6-12-15-14(3,5-2)13-10-8-7-9-11-13/h7-11H,4-6,12H2,1-3H3. The lowest BCUT2D eigenvalue weighted by Crippen LogP contribution is -2.28. The van der Waals surface area contributed by atoms with Crippen LogP contribution >= 0.6 is 0 Å². The summed E-state index contributed by atoms with van der Waals surface area (Å²) in [6, 6.07) is 10.8. The van der Waals surface area contributed by atoms with Gasteiger partial charge in [-0.2, -0.15) is 0 Å². The molecular formula is C14H22B. The van der Waals surface area contributed by atoms with Gasteiger partial charge in [0.15, 0.2) is 0 Å². The first-order valence-electron chi connectivity index (χ1n) is 6.13. The van der Waals surface area contributed by atoms with Crippen molar-refractivity contribution in [1.29, 1.82) is 0 Å². The highest BCUT2D eigenvalue weighted by molar-refractivity contribution is 6.40. The molecule has 0 nitrogen and oxygen atoms in total. The van der Waals surface area contributed by atoms with Gasteiger partial charge in [-0.1, -0.05) is 82.2 Å². The molecule has 1 heteroatoms. The summed E-state index contributed by atoms with van der Waals surface area (Å²) in [5.41, 5.74) is 1.45. The van der Waals surface area contributed by atoms with Crippen LogP contribution in [-0.2, 0) is 5.31 Å². The molecule has 0 bridgehead atoms. The maximum Gasteiger partial charge on any atom is 0.123 e. The van der Waals surface area contributed by atoms with Crippen molar-refractivity contribution in [2.75, 3.05) is 0 Å². The van der Waals surface area contributed by atoms with Crippen LogP contribution in [0, 0.1) is 0 Å². The molecule has 15 heavy (non-hydrogen) atoms. The molecule has 0 aromatic heterocycles. The van der Waals surface area contributed by atoms with Crippen LogP contribution in [0.15, 0.2) is 30.3 Å². The van der Waals surface area contributed by atoms with Gasteiger partial charge in [0, 0.05) is 0 Å². The molecule has 1 unspecified atom stereocenters. The first-order valence-corrected chi connectivity index (χ1v) is 6.13. The normalized spacial score (nSPS) is 14.6. The molecule has 1 aromatic rings. The zero-order valence-corrected chi connectivity index (χ0v) is 10.3. The zero-order valence-electron chi connectivity index (χ0n) is 10.3.